The standard InChI is InChI=1S/C18H35IO/c1-2-3-4-5-6-7-8-9-10-11-12-13-14-15-16-18(19)17-20/h17-18H,2-16H2,1H3. The molecule has 0 N–H and O–H groups in total. The van der Waals surface area contributed by atoms with Gasteiger partial charge in [0.2, 0.25) is 0 Å². The molecule has 1 nitrogen and oxygen atoms in total. The number of hydrogen-bond donors (Lipinski definition) is 0. The SMILES string of the molecule is CCCCCCCCCCCCCCCCC(I)C=O. The van der Waals surface area contributed by atoms with Gasteiger partial charge in [0.1, 0.15) is 6.29 Å². The van der Waals surface area contributed by atoms with E-state index in [4.69, 9.17) is 0 Å². The van der Waals surface area contributed by atoms with Crippen LogP contribution in [0.15, 0.2) is 0 Å². The molecule has 20 heavy (non-hydrogen) atoms. The van der Waals surface area contributed by atoms with Crippen molar-refractivity contribution in [3.05, 3.63) is 0 Å². The lowest BCUT2D eigenvalue weighted by atomic mass is 10.0. The fourth-order valence-corrected chi connectivity index (χ4v) is 3.04. The lowest BCUT2D eigenvalue weighted by molar-refractivity contribution is -0.107. The van der Waals surface area contributed by atoms with E-state index in [1.807, 2.05) is 0 Å². The summed E-state index contributed by atoms with van der Waals surface area (Å²) in [6.07, 6.45) is 21.7. The number of aldehydes is 1. The number of unbranched alkanes of at least 4 members (excludes halogenated alkanes) is 13. The number of halogens is 1. The smallest absolute Gasteiger partial charge is 0.132 e. The van der Waals surface area contributed by atoms with Crippen molar-refractivity contribution in [2.45, 2.75) is 107 Å². The Labute approximate surface area is 140 Å². The zero-order valence-electron chi connectivity index (χ0n) is 13.5. The first kappa shape index (κ1) is 20.4. The van der Waals surface area contributed by atoms with Crippen molar-refractivity contribution >= 4 is 28.9 Å². The van der Waals surface area contributed by atoms with Crippen molar-refractivity contribution < 1.29 is 4.79 Å². The van der Waals surface area contributed by atoms with Crippen LogP contribution >= 0.6 is 22.6 Å². The van der Waals surface area contributed by atoms with Gasteiger partial charge >= 0.3 is 0 Å². The molecule has 1 unspecified atom stereocenters. The van der Waals surface area contributed by atoms with Crippen LogP contribution in [0, 0.1) is 0 Å². The Morgan fingerprint density at radius 2 is 1.05 bits per heavy atom. The van der Waals surface area contributed by atoms with Gasteiger partial charge in [-0.3, -0.25) is 0 Å². The molecule has 0 fully saturated rings. The first-order valence-electron chi connectivity index (χ1n) is 8.90. The first-order chi connectivity index (χ1) is 9.81. The van der Waals surface area contributed by atoms with Gasteiger partial charge in [-0.2, -0.15) is 0 Å². The average molecular weight is 394 g/mol. The Morgan fingerprint density at radius 3 is 1.40 bits per heavy atom. The highest BCUT2D eigenvalue weighted by molar-refractivity contribution is 14.1. The predicted octanol–water partition coefficient (Wildman–Crippen LogP) is 6.86. The van der Waals surface area contributed by atoms with E-state index in [2.05, 4.69) is 29.5 Å². The molecule has 0 radical (unpaired) electrons. The molecule has 0 rings (SSSR count). The summed E-state index contributed by atoms with van der Waals surface area (Å²) in [5.41, 5.74) is 0. The summed E-state index contributed by atoms with van der Waals surface area (Å²) in [4.78, 5) is 10.5. The van der Waals surface area contributed by atoms with Gasteiger partial charge in [-0.1, -0.05) is 119 Å². The van der Waals surface area contributed by atoms with Crippen LogP contribution in [0.3, 0.4) is 0 Å². The van der Waals surface area contributed by atoms with Crippen LogP contribution in [0.4, 0.5) is 0 Å². The van der Waals surface area contributed by atoms with E-state index in [0.717, 1.165) is 12.7 Å². The Bertz CT molecular complexity index is 194. The molecule has 0 aliphatic heterocycles. The summed E-state index contributed by atoms with van der Waals surface area (Å²) >= 11 is 2.23. The van der Waals surface area contributed by atoms with Crippen LogP contribution in [-0.4, -0.2) is 10.2 Å². The largest absolute Gasteiger partial charge is 0.302 e. The van der Waals surface area contributed by atoms with Gasteiger partial charge < -0.3 is 4.79 Å². The minimum Gasteiger partial charge on any atom is -0.302 e. The fraction of sp³-hybridized carbons (Fsp3) is 0.944. The number of hydrogen-bond acceptors (Lipinski definition) is 1. The zero-order chi connectivity index (χ0) is 14.9. The number of carbonyl (C=O) groups excluding carboxylic acids is 1. The normalized spacial score (nSPS) is 12.5. The fourth-order valence-electron chi connectivity index (χ4n) is 2.60. The molecular formula is C18H35IO. The van der Waals surface area contributed by atoms with Crippen LogP contribution in [0.1, 0.15) is 103 Å². The van der Waals surface area contributed by atoms with Gasteiger partial charge in [-0.05, 0) is 6.42 Å². The molecular weight excluding hydrogens is 359 g/mol. The molecule has 0 aliphatic carbocycles. The molecule has 0 aromatic rings. The van der Waals surface area contributed by atoms with E-state index in [-0.39, 0.29) is 3.92 Å². The second-order valence-corrected chi connectivity index (χ2v) is 7.64. The molecule has 0 saturated carbocycles. The number of alkyl halides is 1. The molecule has 0 spiro atoms. The minimum atomic E-state index is 0.241. The lowest BCUT2D eigenvalue weighted by Crippen LogP contribution is -1.97. The molecule has 0 bridgehead atoms. The van der Waals surface area contributed by atoms with Crippen LogP contribution in [0.5, 0.6) is 0 Å². The summed E-state index contributed by atoms with van der Waals surface area (Å²) in [6, 6.07) is 0. The monoisotopic (exact) mass is 394 g/mol. The maximum atomic E-state index is 10.5. The molecule has 1 atom stereocenters. The van der Waals surface area contributed by atoms with Crippen LogP contribution in [0.2, 0.25) is 0 Å². The van der Waals surface area contributed by atoms with Gasteiger partial charge in [0.25, 0.3) is 0 Å². The van der Waals surface area contributed by atoms with E-state index in [1.54, 1.807) is 0 Å². The molecule has 0 aliphatic rings. The van der Waals surface area contributed by atoms with E-state index in [0.29, 0.717) is 0 Å². The van der Waals surface area contributed by atoms with E-state index < -0.39 is 0 Å². The van der Waals surface area contributed by atoms with Gasteiger partial charge in [-0.25, -0.2) is 0 Å². The summed E-state index contributed by atoms with van der Waals surface area (Å²) in [7, 11) is 0. The van der Waals surface area contributed by atoms with Crippen molar-refractivity contribution in [2.24, 2.45) is 0 Å². The predicted molar refractivity (Wildman–Crippen MR) is 98.8 cm³/mol. The van der Waals surface area contributed by atoms with Gasteiger partial charge in [-0.15, -0.1) is 0 Å². The third-order valence-corrected chi connectivity index (χ3v) is 4.90. The minimum absolute atomic E-state index is 0.241. The van der Waals surface area contributed by atoms with Crippen molar-refractivity contribution in [1.82, 2.24) is 0 Å². The topological polar surface area (TPSA) is 17.1 Å². The lowest BCUT2D eigenvalue weighted by Gasteiger charge is -2.04. The van der Waals surface area contributed by atoms with Crippen LogP contribution in [0.25, 0.3) is 0 Å². The highest BCUT2D eigenvalue weighted by Crippen LogP contribution is 2.14. The van der Waals surface area contributed by atoms with E-state index in [9.17, 15) is 4.79 Å². The van der Waals surface area contributed by atoms with Crippen LogP contribution in [-0.2, 0) is 4.79 Å². The molecule has 120 valence electrons. The third kappa shape index (κ3) is 16.5. The maximum Gasteiger partial charge on any atom is 0.132 e. The Hall–Kier alpha value is 0.400. The van der Waals surface area contributed by atoms with E-state index in [1.165, 1.54) is 89.9 Å². The van der Waals surface area contributed by atoms with Crippen molar-refractivity contribution in [1.29, 1.82) is 0 Å². The van der Waals surface area contributed by atoms with Crippen LogP contribution < -0.4 is 0 Å². The van der Waals surface area contributed by atoms with Crippen molar-refractivity contribution in [3.8, 4) is 0 Å². The van der Waals surface area contributed by atoms with Gasteiger partial charge in [0, 0.05) is 0 Å². The third-order valence-electron chi connectivity index (χ3n) is 3.98. The highest BCUT2D eigenvalue weighted by Gasteiger charge is 2.00. The average Bonchev–Trinajstić information content (AvgIpc) is 2.47. The first-order valence-corrected chi connectivity index (χ1v) is 10.1. The number of rotatable bonds is 16. The summed E-state index contributed by atoms with van der Waals surface area (Å²) in [6.45, 7) is 2.28. The number of carbonyl (C=O) groups is 1. The summed E-state index contributed by atoms with van der Waals surface area (Å²) in [5.74, 6) is 0. The van der Waals surface area contributed by atoms with Gasteiger partial charge in [0.15, 0.2) is 0 Å². The molecule has 0 aromatic carbocycles. The maximum absolute atomic E-state index is 10.5. The second-order valence-electron chi connectivity index (χ2n) is 6.04. The van der Waals surface area contributed by atoms with Gasteiger partial charge in [0.05, 0.1) is 3.92 Å². The quantitative estimate of drug-likeness (QED) is 0.121. The highest BCUT2D eigenvalue weighted by atomic mass is 127. The zero-order valence-corrected chi connectivity index (χ0v) is 15.7. The Morgan fingerprint density at radius 1 is 0.700 bits per heavy atom. The summed E-state index contributed by atoms with van der Waals surface area (Å²) < 4.78 is 0.241. The molecule has 0 aromatic heterocycles. The summed E-state index contributed by atoms with van der Waals surface area (Å²) in [5, 5.41) is 0. The second kappa shape index (κ2) is 17.5. The molecule has 0 saturated heterocycles. The molecule has 0 heterocycles. The van der Waals surface area contributed by atoms with Crippen molar-refractivity contribution in [3.63, 3.8) is 0 Å². The molecule has 0 amide bonds. The molecule has 2 heteroatoms. The van der Waals surface area contributed by atoms with Crippen molar-refractivity contribution in [2.75, 3.05) is 0 Å². The Balaban J connectivity index is 2.97. The van der Waals surface area contributed by atoms with E-state index >= 15 is 0 Å². The Kier molecular flexibility index (Phi) is 17.8.